The summed E-state index contributed by atoms with van der Waals surface area (Å²) in [6, 6.07) is 0. The molecule has 1 atom stereocenters. The van der Waals surface area contributed by atoms with Gasteiger partial charge in [0, 0.05) is 19.3 Å². The third-order valence-corrected chi connectivity index (χ3v) is 1.84. The fourth-order valence-corrected chi connectivity index (χ4v) is 1.15. The number of rotatable bonds is 7. The molecular weight excluding hydrogens is 208 g/mol. The molecule has 0 radical (unpaired) electrons. The first-order valence-corrected chi connectivity index (χ1v) is 4.40. The zero-order chi connectivity index (χ0) is 12.1. The first-order valence-electron chi connectivity index (χ1n) is 4.40. The molecular formula is C9H13F2NO3. The summed E-state index contributed by atoms with van der Waals surface area (Å²) in [5, 5.41) is 1.84. The van der Waals surface area contributed by atoms with Crippen LogP contribution in [-0.4, -0.2) is 30.4 Å². The molecule has 0 aliphatic rings. The van der Waals surface area contributed by atoms with Crippen molar-refractivity contribution in [2.75, 3.05) is 6.54 Å². The monoisotopic (exact) mass is 221 g/mol. The van der Waals surface area contributed by atoms with Gasteiger partial charge in [-0.1, -0.05) is 6.92 Å². The summed E-state index contributed by atoms with van der Waals surface area (Å²) in [4.78, 5) is 31.5. The van der Waals surface area contributed by atoms with E-state index in [1.165, 1.54) is 6.92 Å². The molecule has 0 aliphatic carbocycles. The molecule has 4 nitrogen and oxygen atoms in total. The van der Waals surface area contributed by atoms with Crippen molar-refractivity contribution in [2.45, 2.75) is 26.2 Å². The van der Waals surface area contributed by atoms with Gasteiger partial charge in [0.05, 0.1) is 6.54 Å². The third-order valence-electron chi connectivity index (χ3n) is 1.84. The van der Waals surface area contributed by atoms with E-state index < -0.39 is 36.4 Å². The van der Waals surface area contributed by atoms with Crippen LogP contribution in [0.1, 0.15) is 20.3 Å². The van der Waals surface area contributed by atoms with Crippen molar-refractivity contribution in [3.63, 3.8) is 0 Å². The molecule has 1 unspecified atom stereocenters. The van der Waals surface area contributed by atoms with Crippen molar-refractivity contribution >= 4 is 18.0 Å². The standard InChI is InChI=1S/C9H13F2NO3/c1-6(8(15)7(2)14)3-9(10,11)4-12-5-13/h5-6H,3-4H2,1-2H3,(H,12,13). The highest BCUT2D eigenvalue weighted by Crippen LogP contribution is 2.23. The summed E-state index contributed by atoms with van der Waals surface area (Å²) in [7, 11) is 0. The van der Waals surface area contributed by atoms with Crippen LogP contribution in [0.4, 0.5) is 8.78 Å². The van der Waals surface area contributed by atoms with E-state index >= 15 is 0 Å². The van der Waals surface area contributed by atoms with Crippen molar-refractivity contribution in [3.8, 4) is 0 Å². The number of alkyl halides is 2. The number of carbonyl (C=O) groups excluding carboxylic acids is 3. The van der Waals surface area contributed by atoms with Gasteiger partial charge in [-0.3, -0.25) is 14.4 Å². The molecule has 6 heteroatoms. The molecule has 0 aromatic heterocycles. The molecule has 0 saturated heterocycles. The van der Waals surface area contributed by atoms with Crippen molar-refractivity contribution in [2.24, 2.45) is 5.92 Å². The second-order valence-corrected chi connectivity index (χ2v) is 3.38. The van der Waals surface area contributed by atoms with Crippen LogP contribution < -0.4 is 5.32 Å². The Morgan fingerprint density at radius 2 is 2.00 bits per heavy atom. The number of carbonyl (C=O) groups is 3. The van der Waals surface area contributed by atoms with E-state index in [9.17, 15) is 23.2 Å². The van der Waals surface area contributed by atoms with Crippen molar-refractivity contribution < 1.29 is 23.2 Å². The van der Waals surface area contributed by atoms with Crippen LogP contribution in [0.5, 0.6) is 0 Å². The average Bonchev–Trinajstić information content (AvgIpc) is 2.12. The van der Waals surface area contributed by atoms with E-state index in [-0.39, 0.29) is 6.41 Å². The van der Waals surface area contributed by atoms with Gasteiger partial charge >= 0.3 is 0 Å². The fraction of sp³-hybridized carbons (Fsp3) is 0.667. The molecule has 0 aromatic rings. The number of halogens is 2. The molecule has 0 aromatic carbocycles. The van der Waals surface area contributed by atoms with Gasteiger partial charge in [-0.15, -0.1) is 0 Å². The summed E-state index contributed by atoms with van der Waals surface area (Å²) in [6.45, 7) is 1.48. The molecule has 0 fully saturated rings. The van der Waals surface area contributed by atoms with Crippen LogP contribution in [0.3, 0.4) is 0 Å². The lowest BCUT2D eigenvalue weighted by Gasteiger charge is -2.18. The number of ketones is 2. The summed E-state index contributed by atoms with van der Waals surface area (Å²) in [5.74, 6) is -5.76. The van der Waals surface area contributed by atoms with Crippen molar-refractivity contribution in [3.05, 3.63) is 0 Å². The highest BCUT2D eigenvalue weighted by atomic mass is 19.3. The normalized spacial score (nSPS) is 13.1. The predicted octanol–water partition coefficient (Wildman–Crippen LogP) is 0.552. The van der Waals surface area contributed by atoms with Crippen LogP contribution in [0.25, 0.3) is 0 Å². The minimum absolute atomic E-state index is 0.158. The molecule has 0 spiro atoms. The number of hydrogen-bond donors (Lipinski definition) is 1. The number of hydrogen-bond acceptors (Lipinski definition) is 3. The Kier molecular flexibility index (Phi) is 5.04. The maximum Gasteiger partial charge on any atom is 0.265 e. The summed E-state index contributed by atoms with van der Waals surface area (Å²) < 4.78 is 26.0. The van der Waals surface area contributed by atoms with E-state index in [2.05, 4.69) is 0 Å². The second-order valence-electron chi connectivity index (χ2n) is 3.38. The molecule has 0 saturated carbocycles. The molecule has 0 heterocycles. The van der Waals surface area contributed by atoms with Crippen LogP contribution in [0, 0.1) is 5.92 Å². The van der Waals surface area contributed by atoms with Gasteiger partial charge in [0.25, 0.3) is 5.92 Å². The van der Waals surface area contributed by atoms with Crippen molar-refractivity contribution in [1.82, 2.24) is 5.32 Å². The van der Waals surface area contributed by atoms with Gasteiger partial charge in [0.15, 0.2) is 5.78 Å². The Morgan fingerprint density at radius 1 is 1.47 bits per heavy atom. The lowest BCUT2D eigenvalue weighted by atomic mass is 9.96. The molecule has 1 amide bonds. The van der Waals surface area contributed by atoms with Crippen molar-refractivity contribution in [1.29, 1.82) is 0 Å². The Labute approximate surface area is 86.0 Å². The topological polar surface area (TPSA) is 63.2 Å². The molecule has 0 rings (SSSR count). The first kappa shape index (κ1) is 13.7. The Bertz CT molecular complexity index is 266. The summed E-state index contributed by atoms with van der Waals surface area (Å²) in [6.07, 6.45) is -0.586. The molecule has 15 heavy (non-hydrogen) atoms. The maximum atomic E-state index is 13.0. The van der Waals surface area contributed by atoms with Gasteiger partial charge in [0.1, 0.15) is 0 Å². The molecule has 0 aliphatic heterocycles. The SMILES string of the molecule is CC(=O)C(=O)C(C)CC(F)(F)CNC=O. The molecule has 1 N–H and O–H groups in total. The lowest BCUT2D eigenvalue weighted by molar-refractivity contribution is -0.139. The quantitative estimate of drug-likeness (QED) is 0.504. The van der Waals surface area contributed by atoms with E-state index in [0.29, 0.717) is 0 Å². The maximum absolute atomic E-state index is 13.0. The third kappa shape index (κ3) is 5.19. The minimum atomic E-state index is -3.18. The van der Waals surface area contributed by atoms with E-state index in [1.807, 2.05) is 5.32 Å². The van der Waals surface area contributed by atoms with E-state index in [4.69, 9.17) is 0 Å². The fourth-order valence-electron chi connectivity index (χ4n) is 1.15. The van der Waals surface area contributed by atoms with Crippen LogP contribution >= 0.6 is 0 Å². The van der Waals surface area contributed by atoms with Gasteiger partial charge in [-0.25, -0.2) is 8.78 Å². The highest BCUT2D eigenvalue weighted by molar-refractivity contribution is 6.36. The average molecular weight is 221 g/mol. The van der Waals surface area contributed by atoms with Gasteiger partial charge in [-0.2, -0.15) is 0 Å². The Balaban J connectivity index is 4.25. The summed E-state index contributed by atoms with van der Waals surface area (Å²) in [5.41, 5.74) is 0. The minimum Gasteiger partial charge on any atom is -0.353 e. The smallest absolute Gasteiger partial charge is 0.265 e. The van der Waals surface area contributed by atoms with Crippen LogP contribution in [0.15, 0.2) is 0 Å². The van der Waals surface area contributed by atoms with Gasteiger partial charge in [0.2, 0.25) is 12.2 Å². The number of Topliss-reactive ketones (excluding diaryl/α,β-unsaturated/α-hetero) is 2. The number of nitrogens with one attached hydrogen (secondary N) is 1. The van der Waals surface area contributed by atoms with E-state index in [0.717, 1.165) is 6.92 Å². The van der Waals surface area contributed by atoms with Gasteiger partial charge < -0.3 is 5.32 Å². The first-order chi connectivity index (χ1) is 6.80. The van der Waals surface area contributed by atoms with Crippen LogP contribution in [-0.2, 0) is 14.4 Å². The Hall–Kier alpha value is -1.33. The Morgan fingerprint density at radius 3 is 2.40 bits per heavy atom. The van der Waals surface area contributed by atoms with Crippen LogP contribution in [0.2, 0.25) is 0 Å². The number of amides is 1. The predicted molar refractivity (Wildman–Crippen MR) is 48.5 cm³/mol. The van der Waals surface area contributed by atoms with E-state index in [1.54, 1.807) is 0 Å². The van der Waals surface area contributed by atoms with Gasteiger partial charge in [-0.05, 0) is 0 Å². The molecule has 86 valence electrons. The zero-order valence-electron chi connectivity index (χ0n) is 8.55. The summed E-state index contributed by atoms with van der Waals surface area (Å²) >= 11 is 0. The molecule has 0 bridgehead atoms. The second kappa shape index (κ2) is 5.53. The zero-order valence-corrected chi connectivity index (χ0v) is 8.55. The highest BCUT2D eigenvalue weighted by Gasteiger charge is 2.34. The largest absolute Gasteiger partial charge is 0.353 e. The lowest BCUT2D eigenvalue weighted by Crippen LogP contribution is -2.35.